The second-order valence-corrected chi connectivity index (χ2v) is 5.12. The largest absolute Gasteiger partial charge is 0.468 e. The van der Waals surface area contributed by atoms with Gasteiger partial charge in [-0.15, -0.1) is 0 Å². The first-order valence-corrected chi connectivity index (χ1v) is 6.69. The molecule has 1 N–H and O–H groups in total. The van der Waals surface area contributed by atoms with E-state index in [4.69, 9.17) is 4.42 Å². The smallest absolute Gasteiger partial charge is 0.117 e. The van der Waals surface area contributed by atoms with Crippen LogP contribution < -0.4 is 5.32 Å². The van der Waals surface area contributed by atoms with Crippen LogP contribution in [0.1, 0.15) is 48.6 Å². The lowest BCUT2D eigenvalue weighted by molar-refractivity contribution is 0.402. The Bertz CT molecular complexity index is 504. The summed E-state index contributed by atoms with van der Waals surface area (Å²) in [6.07, 6.45) is 4.19. The number of rotatable bonds is 3. The van der Waals surface area contributed by atoms with Crippen molar-refractivity contribution < 1.29 is 4.42 Å². The summed E-state index contributed by atoms with van der Waals surface area (Å²) in [6, 6.07) is 13.2. The molecule has 0 saturated carbocycles. The Labute approximate surface area is 108 Å². The van der Waals surface area contributed by atoms with Crippen LogP contribution in [-0.4, -0.2) is 0 Å². The van der Waals surface area contributed by atoms with Crippen LogP contribution in [0.25, 0.3) is 0 Å². The van der Waals surface area contributed by atoms with Crippen molar-refractivity contribution in [2.45, 2.75) is 38.3 Å². The standard InChI is InChI=1S/C16H19NO/c1-12-8-9-16(15-7-3-2-6-14(12)15)17-11-13-5-4-10-18-13/h2-7,10,12,16-17H,8-9,11H2,1H3. The number of nitrogens with one attached hydrogen (secondary N) is 1. The summed E-state index contributed by atoms with van der Waals surface area (Å²) in [5.41, 5.74) is 2.96. The number of hydrogen-bond acceptors (Lipinski definition) is 2. The molecule has 1 aromatic heterocycles. The minimum Gasteiger partial charge on any atom is -0.468 e. The molecular formula is C16H19NO. The van der Waals surface area contributed by atoms with E-state index in [-0.39, 0.29) is 0 Å². The van der Waals surface area contributed by atoms with E-state index in [9.17, 15) is 0 Å². The molecule has 1 heterocycles. The van der Waals surface area contributed by atoms with Gasteiger partial charge >= 0.3 is 0 Å². The second-order valence-electron chi connectivity index (χ2n) is 5.12. The third-order valence-corrected chi connectivity index (χ3v) is 3.89. The molecule has 2 atom stereocenters. The van der Waals surface area contributed by atoms with Gasteiger partial charge in [0.05, 0.1) is 12.8 Å². The molecule has 0 bridgehead atoms. The molecule has 2 unspecified atom stereocenters. The Kier molecular flexibility index (Phi) is 3.20. The number of hydrogen-bond donors (Lipinski definition) is 1. The second kappa shape index (κ2) is 4.99. The summed E-state index contributed by atoms with van der Waals surface area (Å²) >= 11 is 0. The summed E-state index contributed by atoms with van der Waals surface area (Å²) < 4.78 is 5.37. The van der Waals surface area contributed by atoms with Crippen LogP contribution in [0.3, 0.4) is 0 Å². The fourth-order valence-electron chi connectivity index (χ4n) is 2.85. The fraction of sp³-hybridized carbons (Fsp3) is 0.375. The van der Waals surface area contributed by atoms with E-state index in [1.807, 2.05) is 12.1 Å². The number of fused-ring (bicyclic) bond motifs is 1. The van der Waals surface area contributed by atoms with Gasteiger partial charge in [0.25, 0.3) is 0 Å². The zero-order valence-corrected chi connectivity index (χ0v) is 10.7. The van der Waals surface area contributed by atoms with Crippen molar-refractivity contribution in [3.05, 3.63) is 59.5 Å². The van der Waals surface area contributed by atoms with Gasteiger partial charge in [-0.05, 0) is 42.0 Å². The lowest BCUT2D eigenvalue weighted by Gasteiger charge is -2.30. The van der Waals surface area contributed by atoms with Crippen LogP contribution in [0.15, 0.2) is 47.1 Å². The monoisotopic (exact) mass is 241 g/mol. The minimum atomic E-state index is 0.461. The van der Waals surface area contributed by atoms with E-state index >= 15 is 0 Å². The highest BCUT2D eigenvalue weighted by atomic mass is 16.3. The van der Waals surface area contributed by atoms with Crippen LogP contribution in [-0.2, 0) is 6.54 Å². The Morgan fingerprint density at radius 3 is 2.72 bits per heavy atom. The maximum atomic E-state index is 5.37. The van der Waals surface area contributed by atoms with Crippen molar-refractivity contribution in [3.63, 3.8) is 0 Å². The molecule has 1 aliphatic rings. The van der Waals surface area contributed by atoms with Gasteiger partial charge in [0, 0.05) is 6.04 Å². The van der Waals surface area contributed by atoms with Crippen LogP contribution >= 0.6 is 0 Å². The van der Waals surface area contributed by atoms with Crippen molar-refractivity contribution in [2.75, 3.05) is 0 Å². The molecule has 2 heteroatoms. The van der Waals surface area contributed by atoms with Crippen molar-refractivity contribution in [3.8, 4) is 0 Å². The van der Waals surface area contributed by atoms with E-state index in [0.717, 1.165) is 12.3 Å². The Morgan fingerprint density at radius 1 is 1.11 bits per heavy atom. The summed E-state index contributed by atoms with van der Waals surface area (Å²) in [7, 11) is 0. The normalized spacial score (nSPS) is 22.7. The molecule has 0 spiro atoms. The molecule has 94 valence electrons. The van der Waals surface area contributed by atoms with E-state index in [1.54, 1.807) is 6.26 Å². The van der Waals surface area contributed by atoms with Crippen LogP contribution in [0, 0.1) is 0 Å². The molecule has 0 aliphatic heterocycles. The minimum absolute atomic E-state index is 0.461. The molecule has 2 aromatic rings. The van der Waals surface area contributed by atoms with Gasteiger partial charge in [-0.25, -0.2) is 0 Å². The Hall–Kier alpha value is -1.54. The summed E-state index contributed by atoms with van der Waals surface area (Å²) in [6.45, 7) is 3.13. The van der Waals surface area contributed by atoms with Gasteiger partial charge in [0.1, 0.15) is 5.76 Å². The van der Waals surface area contributed by atoms with Crippen molar-refractivity contribution in [1.82, 2.24) is 5.32 Å². The van der Waals surface area contributed by atoms with Gasteiger partial charge in [-0.1, -0.05) is 31.2 Å². The molecule has 0 fully saturated rings. The van der Waals surface area contributed by atoms with Crippen LogP contribution in [0.5, 0.6) is 0 Å². The van der Waals surface area contributed by atoms with Crippen molar-refractivity contribution in [2.24, 2.45) is 0 Å². The van der Waals surface area contributed by atoms with Gasteiger partial charge in [0.2, 0.25) is 0 Å². The molecule has 3 rings (SSSR count). The average Bonchev–Trinajstić information content (AvgIpc) is 2.92. The highest BCUT2D eigenvalue weighted by Crippen LogP contribution is 2.36. The van der Waals surface area contributed by atoms with Gasteiger partial charge < -0.3 is 9.73 Å². The number of furan rings is 1. The highest BCUT2D eigenvalue weighted by Gasteiger charge is 2.23. The third-order valence-electron chi connectivity index (χ3n) is 3.89. The molecule has 2 nitrogen and oxygen atoms in total. The van der Waals surface area contributed by atoms with E-state index in [1.165, 1.54) is 24.0 Å². The molecule has 0 saturated heterocycles. The first-order valence-electron chi connectivity index (χ1n) is 6.69. The lowest BCUT2D eigenvalue weighted by Crippen LogP contribution is -2.25. The van der Waals surface area contributed by atoms with Crippen molar-refractivity contribution in [1.29, 1.82) is 0 Å². The first-order chi connectivity index (χ1) is 8.84. The zero-order chi connectivity index (χ0) is 12.4. The van der Waals surface area contributed by atoms with Crippen molar-refractivity contribution >= 4 is 0 Å². The number of benzene rings is 1. The maximum absolute atomic E-state index is 5.37. The third kappa shape index (κ3) is 2.21. The Balaban J connectivity index is 1.76. The summed E-state index contributed by atoms with van der Waals surface area (Å²) in [5.74, 6) is 1.69. The molecule has 0 radical (unpaired) electrons. The molecule has 18 heavy (non-hydrogen) atoms. The molecular weight excluding hydrogens is 222 g/mol. The summed E-state index contributed by atoms with van der Waals surface area (Å²) in [5, 5.41) is 3.61. The highest BCUT2D eigenvalue weighted by molar-refractivity contribution is 5.34. The fourth-order valence-corrected chi connectivity index (χ4v) is 2.85. The van der Waals surface area contributed by atoms with Crippen LogP contribution in [0.4, 0.5) is 0 Å². The molecule has 0 amide bonds. The average molecular weight is 241 g/mol. The maximum Gasteiger partial charge on any atom is 0.117 e. The molecule has 1 aromatic carbocycles. The Morgan fingerprint density at radius 2 is 1.94 bits per heavy atom. The lowest BCUT2D eigenvalue weighted by atomic mass is 9.81. The van der Waals surface area contributed by atoms with Gasteiger partial charge in [-0.3, -0.25) is 0 Å². The van der Waals surface area contributed by atoms with E-state index in [2.05, 4.69) is 36.5 Å². The molecule has 1 aliphatic carbocycles. The van der Waals surface area contributed by atoms with E-state index < -0.39 is 0 Å². The SMILES string of the molecule is CC1CCC(NCc2ccco2)c2ccccc21. The zero-order valence-electron chi connectivity index (χ0n) is 10.7. The predicted octanol–water partition coefficient (Wildman–Crippen LogP) is 4.01. The predicted molar refractivity (Wildman–Crippen MR) is 72.4 cm³/mol. The topological polar surface area (TPSA) is 25.2 Å². The quantitative estimate of drug-likeness (QED) is 0.878. The van der Waals surface area contributed by atoms with Gasteiger partial charge in [-0.2, -0.15) is 0 Å². The first kappa shape index (κ1) is 11.5. The van der Waals surface area contributed by atoms with E-state index in [0.29, 0.717) is 12.0 Å². The van der Waals surface area contributed by atoms with Crippen LogP contribution in [0.2, 0.25) is 0 Å². The van der Waals surface area contributed by atoms with Gasteiger partial charge in [0.15, 0.2) is 0 Å². The summed E-state index contributed by atoms with van der Waals surface area (Å²) in [4.78, 5) is 0.